The molecule has 2 N–H and O–H groups in total. The summed E-state index contributed by atoms with van der Waals surface area (Å²) >= 11 is 1.51. The Labute approximate surface area is 262 Å². The molecule has 6 heteroatoms. The van der Waals surface area contributed by atoms with E-state index in [2.05, 4.69) is 60.7 Å². The topological polar surface area (TPSA) is 92.1 Å². The van der Waals surface area contributed by atoms with Gasteiger partial charge in [0.2, 0.25) is 0 Å². The summed E-state index contributed by atoms with van der Waals surface area (Å²) in [7, 11) is 1.66. The highest BCUT2D eigenvalue weighted by Gasteiger charge is 2.18. The fourth-order valence-corrected chi connectivity index (χ4v) is 5.83. The molecule has 1 heterocycles. The first kappa shape index (κ1) is 30.1. The van der Waals surface area contributed by atoms with Crippen LogP contribution in [0.15, 0.2) is 126 Å². The molecule has 5 aromatic rings. The van der Waals surface area contributed by atoms with E-state index in [0.717, 1.165) is 61.8 Å². The molecule has 0 fully saturated rings. The molecule has 0 spiro atoms. The molecule has 0 saturated heterocycles. The summed E-state index contributed by atoms with van der Waals surface area (Å²) in [6.45, 7) is 1.15. The first-order valence-corrected chi connectivity index (χ1v) is 15.1. The Hall–Kier alpha value is -5.40. The molecule has 0 saturated carbocycles. The number of nitrogens with two attached hydrogens (primary N) is 1. The molecule has 0 atom stereocenters. The van der Waals surface area contributed by atoms with E-state index in [1.54, 1.807) is 7.11 Å². The molecule has 1 aromatic heterocycles. The summed E-state index contributed by atoms with van der Waals surface area (Å²) in [5.74, 6) is 1.57. The van der Waals surface area contributed by atoms with Crippen LogP contribution in [0, 0.1) is 22.7 Å². The maximum Gasteiger partial charge on any atom is 0.138 e. The third kappa shape index (κ3) is 6.80. The Morgan fingerprint density at radius 3 is 1.61 bits per heavy atom. The molecule has 0 aliphatic carbocycles. The fourth-order valence-electron chi connectivity index (χ4n) is 5.04. The highest BCUT2D eigenvalue weighted by molar-refractivity contribution is 7.11. The van der Waals surface area contributed by atoms with E-state index in [-0.39, 0.29) is 5.57 Å². The van der Waals surface area contributed by atoms with Crippen LogP contribution in [0.3, 0.4) is 0 Å². The van der Waals surface area contributed by atoms with Crippen LogP contribution in [0.2, 0.25) is 0 Å². The average Bonchev–Trinajstić information content (AvgIpc) is 3.62. The van der Waals surface area contributed by atoms with Crippen LogP contribution in [0.25, 0.3) is 16.7 Å². The van der Waals surface area contributed by atoms with Crippen molar-refractivity contribution in [2.24, 2.45) is 5.73 Å². The molecular formula is C38H31N3O2S. The molecule has 0 unspecified atom stereocenters. The van der Waals surface area contributed by atoms with Gasteiger partial charge in [-0.15, -0.1) is 11.3 Å². The van der Waals surface area contributed by atoms with E-state index in [0.29, 0.717) is 18.7 Å². The number of hydrogen-bond donors (Lipinski definition) is 1. The summed E-state index contributed by atoms with van der Waals surface area (Å²) in [6, 6.07) is 42.6. The zero-order chi connectivity index (χ0) is 30.7. The van der Waals surface area contributed by atoms with Crippen LogP contribution in [0.1, 0.15) is 39.1 Å². The molecule has 0 radical (unpaired) electrons. The molecule has 216 valence electrons. The average molecular weight is 594 g/mol. The van der Waals surface area contributed by atoms with Gasteiger partial charge in [-0.05, 0) is 87.6 Å². The van der Waals surface area contributed by atoms with Crippen molar-refractivity contribution in [1.29, 1.82) is 10.5 Å². The second-order valence-corrected chi connectivity index (χ2v) is 10.8. The number of nitriles is 2. The normalized spacial score (nSPS) is 11.1. The van der Waals surface area contributed by atoms with E-state index in [4.69, 9.17) is 15.2 Å². The van der Waals surface area contributed by atoms with Crippen LogP contribution in [-0.4, -0.2) is 20.3 Å². The molecule has 4 aromatic carbocycles. The molecule has 0 bridgehead atoms. The number of thiophene rings is 1. The van der Waals surface area contributed by atoms with Gasteiger partial charge in [-0.2, -0.15) is 10.5 Å². The maximum absolute atomic E-state index is 9.73. The van der Waals surface area contributed by atoms with Crippen molar-refractivity contribution in [3.05, 3.63) is 159 Å². The fraction of sp³-hybridized carbons (Fsp3) is 0.105. The first-order chi connectivity index (χ1) is 21.7. The monoisotopic (exact) mass is 593 g/mol. The van der Waals surface area contributed by atoms with Gasteiger partial charge < -0.3 is 15.2 Å². The minimum absolute atomic E-state index is 0.0896. The SMILES string of the molecule is COc1ccc(C(=C(c2ccccc2)c2ccc(C(=C(C#N)C#N)c3cccs3)cc2)c2ccc(OCCCN)cc2)cc1. The van der Waals surface area contributed by atoms with Gasteiger partial charge in [-0.3, -0.25) is 0 Å². The Bertz CT molecular complexity index is 1810. The summed E-state index contributed by atoms with van der Waals surface area (Å²) < 4.78 is 11.3. The second-order valence-electron chi connectivity index (χ2n) is 9.89. The Kier molecular flexibility index (Phi) is 10.0. The summed E-state index contributed by atoms with van der Waals surface area (Å²) in [5.41, 5.74) is 13.4. The lowest BCUT2D eigenvalue weighted by Crippen LogP contribution is -2.06. The Morgan fingerprint density at radius 1 is 0.636 bits per heavy atom. The zero-order valence-corrected chi connectivity index (χ0v) is 25.2. The van der Waals surface area contributed by atoms with E-state index < -0.39 is 0 Å². The van der Waals surface area contributed by atoms with Crippen molar-refractivity contribution in [2.75, 3.05) is 20.3 Å². The Morgan fingerprint density at radius 2 is 1.14 bits per heavy atom. The van der Waals surface area contributed by atoms with Crippen molar-refractivity contribution in [3.63, 3.8) is 0 Å². The second kappa shape index (κ2) is 14.7. The third-order valence-electron chi connectivity index (χ3n) is 7.15. The number of allylic oxidation sites excluding steroid dienone is 1. The predicted octanol–water partition coefficient (Wildman–Crippen LogP) is 8.34. The van der Waals surface area contributed by atoms with Gasteiger partial charge in [0.1, 0.15) is 29.2 Å². The van der Waals surface area contributed by atoms with Gasteiger partial charge in [0, 0.05) is 10.5 Å². The number of benzene rings is 4. The maximum atomic E-state index is 9.73. The van der Waals surface area contributed by atoms with Gasteiger partial charge in [0.15, 0.2) is 0 Å². The molecule has 0 aliphatic heterocycles. The summed E-state index contributed by atoms with van der Waals surface area (Å²) in [5, 5.41) is 21.4. The standard InChI is InChI=1S/C38H31N3O2S/c1-42-33-18-14-30(15-19-33)38(31-16-20-34(21-17-31)43-23-6-22-39)37(27-7-3-2-4-8-27)29-12-10-28(11-13-29)36(32(25-40)26-41)35-9-5-24-44-35/h2-5,7-21,24H,6,22-23,39H2,1H3. The van der Waals surface area contributed by atoms with E-state index >= 15 is 0 Å². The molecule has 5 rings (SSSR count). The van der Waals surface area contributed by atoms with Gasteiger partial charge >= 0.3 is 0 Å². The molecule has 0 aliphatic rings. The molecular weight excluding hydrogens is 563 g/mol. The minimum Gasteiger partial charge on any atom is -0.497 e. The van der Waals surface area contributed by atoms with E-state index in [1.807, 2.05) is 72.1 Å². The number of hydrogen-bond acceptors (Lipinski definition) is 6. The molecule has 5 nitrogen and oxygen atoms in total. The smallest absolute Gasteiger partial charge is 0.138 e. The van der Waals surface area contributed by atoms with Crippen LogP contribution < -0.4 is 15.2 Å². The van der Waals surface area contributed by atoms with E-state index in [9.17, 15) is 10.5 Å². The van der Waals surface area contributed by atoms with Crippen molar-refractivity contribution >= 4 is 28.1 Å². The zero-order valence-electron chi connectivity index (χ0n) is 24.4. The number of methoxy groups -OCH3 is 1. The Balaban J connectivity index is 1.71. The van der Waals surface area contributed by atoms with E-state index in [1.165, 1.54) is 11.3 Å². The van der Waals surface area contributed by atoms with Crippen LogP contribution in [-0.2, 0) is 0 Å². The minimum atomic E-state index is 0.0896. The predicted molar refractivity (Wildman–Crippen MR) is 178 cm³/mol. The number of nitrogens with zero attached hydrogens (tertiary/aromatic N) is 2. The van der Waals surface area contributed by atoms with Gasteiger partial charge in [0.25, 0.3) is 0 Å². The largest absolute Gasteiger partial charge is 0.497 e. The number of ether oxygens (including phenoxy) is 2. The lowest BCUT2D eigenvalue weighted by molar-refractivity contribution is 0.313. The highest BCUT2D eigenvalue weighted by Crippen LogP contribution is 2.39. The molecule has 44 heavy (non-hydrogen) atoms. The summed E-state index contributed by atoms with van der Waals surface area (Å²) in [6.07, 6.45) is 0.792. The van der Waals surface area contributed by atoms with Gasteiger partial charge in [-0.1, -0.05) is 84.9 Å². The highest BCUT2D eigenvalue weighted by atomic mass is 32.1. The van der Waals surface area contributed by atoms with Crippen molar-refractivity contribution in [1.82, 2.24) is 0 Å². The lowest BCUT2D eigenvalue weighted by Gasteiger charge is -2.19. The van der Waals surface area contributed by atoms with Crippen molar-refractivity contribution in [2.45, 2.75) is 6.42 Å². The summed E-state index contributed by atoms with van der Waals surface area (Å²) in [4.78, 5) is 0.877. The third-order valence-corrected chi connectivity index (χ3v) is 8.04. The van der Waals surface area contributed by atoms with Crippen molar-refractivity contribution in [3.8, 4) is 23.6 Å². The lowest BCUT2D eigenvalue weighted by atomic mass is 9.85. The molecule has 0 amide bonds. The van der Waals surface area contributed by atoms with Crippen LogP contribution in [0.5, 0.6) is 11.5 Å². The number of rotatable bonds is 11. The van der Waals surface area contributed by atoms with Crippen LogP contribution >= 0.6 is 11.3 Å². The quantitative estimate of drug-likeness (QED) is 0.0944. The van der Waals surface area contributed by atoms with Gasteiger partial charge in [-0.25, -0.2) is 0 Å². The van der Waals surface area contributed by atoms with Gasteiger partial charge in [0.05, 0.1) is 13.7 Å². The van der Waals surface area contributed by atoms with Crippen molar-refractivity contribution < 1.29 is 9.47 Å². The van der Waals surface area contributed by atoms with Crippen LogP contribution in [0.4, 0.5) is 0 Å². The first-order valence-electron chi connectivity index (χ1n) is 14.2.